The Morgan fingerprint density at radius 3 is 2.55 bits per heavy atom. The van der Waals surface area contributed by atoms with Gasteiger partial charge in [0.2, 0.25) is 0 Å². The van der Waals surface area contributed by atoms with E-state index in [0.717, 1.165) is 18.5 Å². The molecule has 1 amide bonds. The number of alkyl carbamates (subject to hydrolysis) is 1. The number of carbonyl (C=O) groups excluding carboxylic acids is 1. The summed E-state index contributed by atoms with van der Waals surface area (Å²) >= 11 is 0. The molecule has 176 valence electrons. The number of nitrogens with one attached hydrogen (secondary N) is 2. The first-order chi connectivity index (χ1) is 14.1. The summed E-state index contributed by atoms with van der Waals surface area (Å²) in [5.74, 6) is 0.894. The summed E-state index contributed by atoms with van der Waals surface area (Å²) in [5, 5.41) is 6.12. The summed E-state index contributed by atoms with van der Waals surface area (Å²) in [5.41, 5.74) is 0.280. The largest absolute Gasteiger partial charge is 0.444 e. The van der Waals surface area contributed by atoms with Crippen molar-refractivity contribution in [3.63, 3.8) is 0 Å². The quantitative estimate of drug-likeness (QED) is 0.228. The number of rotatable bonds is 7. The first-order valence-electron chi connectivity index (χ1n) is 10.3. The summed E-state index contributed by atoms with van der Waals surface area (Å²) in [4.78, 5) is 18.3. The molecule has 10 heteroatoms. The van der Waals surface area contributed by atoms with Gasteiger partial charge in [0.15, 0.2) is 15.8 Å². The minimum absolute atomic E-state index is 0. The topological polar surface area (TPSA) is 100 Å². The Morgan fingerprint density at radius 1 is 1.26 bits per heavy atom. The number of likely N-dealkylation sites (tertiary alicyclic amines) is 1. The molecule has 0 saturated carbocycles. The first-order valence-corrected chi connectivity index (χ1v) is 12.1. The second kappa shape index (κ2) is 12.5. The second-order valence-electron chi connectivity index (χ2n) is 8.48. The van der Waals surface area contributed by atoms with Crippen LogP contribution in [0.15, 0.2) is 35.3 Å². The Kier molecular flexibility index (Phi) is 11.1. The Labute approximate surface area is 203 Å². The first kappa shape index (κ1) is 27.5. The molecule has 2 rings (SSSR count). The number of guanidine groups is 1. The second-order valence-corrected chi connectivity index (χ2v) is 10.7. The molecule has 1 unspecified atom stereocenters. The van der Waals surface area contributed by atoms with Crippen LogP contribution in [0.5, 0.6) is 0 Å². The van der Waals surface area contributed by atoms with Gasteiger partial charge >= 0.3 is 6.09 Å². The van der Waals surface area contributed by atoms with Gasteiger partial charge in [0, 0.05) is 26.7 Å². The summed E-state index contributed by atoms with van der Waals surface area (Å²) < 4.78 is 29.9. The van der Waals surface area contributed by atoms with Crippen molar-refractivity contribution in [3.05, 3.63) is 35.9 Å². The molecular formula is C21H35IN4O4S. The standard InChI is InChI=1S/C21H34N4O4S.HI/c1-21(2,3)29-20(26)24-18-11-13-25(15-18)19(22-4)23-12-8-14-30(27,28)16-17-9-6-5-7-10-17;/h5-7,9-10,18H,8,11-16H2,1-4H3,(H,22,23)(H,24,26);1H. The highest BCUT2D eigenvalue weighted by atomic mass is 127. The lowest BCUT2D eigenvalue weighted by Gasteiger charge is -2.23. The minimum atomic E-state index is -3.15. The van der Waals surface area contributed by atoms with Crippen LogP contribution in [-0.2, 0) is 20.3 Å². The molecule has 8 nitrogen and oxygen atoms in total. The highest BCUT2D eigenvalue weighted by molar-refractivity contribution is 14.0. The van der Waals surface area contributed by atoms with Crippen LogP contribution in [0.4, 0.5) is 4.79 Å². The van der Waals surface area contributed by atoms with Gasteiger partial charge in [-0.1, -0.05) is 30.3 Å². The maximum absolute atomic E-state index is 12.3. The van der Waals surface area contributed by atoms with E-state index in [1.54, 1.807) is 7.05 Å². The van der Waals surface area contributed by atoms with Gasteiger partial charge in [0.25, 0.3) is 0 Å². The number of hydrogen-bond acceptors (Lipinski definition) is 5. The van der Waals surface area contributed by atoms with Gasteiger partial charge in [-0.15, -0.1) is 24.0 Å². The summed E-state index contributed by atoms with van der Waals surface area (Å²) in [6.45, 7) is 7.40. The number of halogens is 1. The van der Waals surface area contributed by atoms with Gasteiger partial charge in [0.1, 0.15) is 5.60 Å². The van der Waals surface area contributed by atoms with Crippen LogP contribution in [-0.4, -0.2) is 69.4 Å². The lowest BCUT2D eigenvalue weighted by Crippen LogP contribution is -2.44. The summed E-state index contributed by atoms with van der Waals surface area (Å²) in [7, 11) is -1.45. The van der Waals surface area contributed by atoms with Crippen LogP contribution < -0.4 is 10.6 Å². The number of sulfone groups is 1. The summed E-state index contributed by atoms with van der Waals surface area (Å²) in [6, 6.07) is 9.20. The molecule has 1 aliphatic heterocycles. The highest BCUT2D eigenvalue weighted by Gasteiger charge is 2.27. The molecule has 2 N–H and O–H groups in total. The highest BCUT2D eigenvalue weighted by Crippen LogP contribution is 2.12. The zero-order valence-electron chi connectivity index (χ0n) is 18.8. The maximum atomic E-state index is 12.3. The number of aliphatic imine (C=N–C) groups is 1. The van der Waals surface area contributed by atoms with E-state index in [9.17, 15) is 13.2 Å². The number of benzene rings is 1. The van der Waals surface area contributed by atoms with Crippen LogP contribution in [0.2, 0.25) is 0 Å². The van der Waals surface area contributed by atoms with E-state index >= 15 is 0 Å². The van der Waals surface area contributed by atoms with E-state index in [0.29, 0.717) is 25.5 Å². The minimum Gasteiger partial charge on any atom is -0.444 e. The number of amides is 1. The fraction of sp³-hybridized carbons (Fsp3) is 0.619. The third kappa shape index (κ3) is 10.5. The number of ether oxygens (including phenoxy) is 1. The normalized spacial score (nSPS) is 17.1. The van der Waals surface area contributed by atoms with Gasteiger partial charge < -0.3 is 20.3 Å². The van der Waals surface area contributed by atoms with Crippen molar-refractivity contribution in [2.24, 2.45) is 4.99 Å². The van der Waals surface area contributed by atoms with E-state index in [1.807, 2.05) is 51.1 Å². The SMILES string of the molecule is CN=C(NCCCS(=O)(=O)Cc1ccccc1)N1CCC(NC(=O)OC(C)(C)C)C1.I. The zero-order valence-corrected chi connectivity index (χ0v) is 21.9. The van der Waals surface area contributed by atoms with E-state index in [2.05, 4.69) is 20.5 Å². The number of nitrogens with zero attached hydrogens (tertiary/aromatic N) is 2. The van der Waals surface area contributed by atoms with Crippen molar-refractivity contribution in [1.82, 2.24) is 15.5 Å². The lowest BCUT2D eigenvalue weighted by molar-refractivity contribution is 0.0507. The Hall–Kier alpha value is -1.56. The van der Waals surface area contributed by atoms with Crippen LogP contribution >= 0.6 is 24.0 Å². The molecule has 31 heavy (non-hydrogen) atoms. The third-order valence-electron chi connectivity index (χ3n) is 4.57. The Balaban J connectivity index is 0.00000480. The van der Waals surface area contributed by atoms with Crippen molar-refractivity contribution in [3.8, 4) is 0 Å². The predicted octanol–water partition coefficient (Wildman–Crippen LogP) is 2.78. The van der Waals surface area contributed by atoms with Crippen LogP contribution in [0, 0.1) is 0 Å². The van der Waals surface area contributed by atoms with Gasteiger partial charge in [-0.25, -0.2) is 13.2 Å². The van der Waals surface area contributed by atoms with Gasteiger partial charge in [-0.05, 0) is 39.2 Å². The molecule has 0 bridgehead atoms. The van der Waals surface area contributed by atoms with E-state index in [1.165, 1.54) is 0 Å². The van der Waals surface area contributed by atoms with E-state index < -0.39 is 21.5 Å². The van der Waals surface area contributed by atoms with Gasteiger partial charge in [-0.2, -0.15) is 0 Å². The molecule has 1 saturated heterocycles. The van der Waals surface area contributed by atoms with Crippen molar-refractivity contribution in [1.29, 1.82) is 0 Å². The predicted molar refractivity (Wildman–Crippen MR) is 135 cm³/mol. The molecule has 1 atom stereocenters. The Morgan fingerprint density at radius 2 is 1.94 bits per heavy atom. The Bertz CT molecular complexity index is 826. The van der Waals surface area contributed by atoms with Gasteiger partial charge in [-0.3, -0.25) is 4.99 Å². The summed E-state index contributed by atoms with van der Waals surface area (Å²) in [6.07, 6.45) is 0.883. The monoisotopic (exact) mass is 566 g/mol. The molecule has 0 aliphatic carbocycles. The smallest absolute Gasteiger partial charge is 0.407 e. The zero-order chi connectivity index (χ0) is 22.2. The molecule has 1 aliphatic rings. The number of carbonyl (C=O) groups is 1. The van der Waals surface area contributed by atoms with Gasteiger partial charge in [0.05, 0.1) is 17.5 Å². The molecule has 1 aromatic carbocycles. The molecular weight excluding hydrogens is 531 g/mol. The fourth-order valence-corrected chi connectivity index (χ4v) is 4.70. The average molecular weight is 567 g/mol. The molecule has 0 aromatic heterocycles. The van der Waals surface area contributed by atoms with Crippen molar-refractivity contribution >= 4 is 45.9 Å². The molecule has 1 aromatic rings. The van der Waals surface area contributed by atoms with E-state index in [-0.39, 0.29) is 41.5 Å². The van der Waals surface area contributed by atoms with Crippen LogP contribution in [0.25, 0.3) is 0 Å². The van der Waals surface area contributed by atoms with E-state index in [4.69, 9.17) is 4.74 Å². The lowest BCUT2D eigenvalue weighted by atomic mass is 10.2. The molecule has 1 fully saturated rings. The fourth-order valence-electron chi connectivity index (χ4n) is 3.27. The average Bonchev–Trinajstić information content (AvgIpc) is 3.08. The third-order valence-corrected chi connectivity index (χ3v) is 6.25. The maximum Gasteiger partial charge on any atom is 0.407 e. The molecule has 0 spiro atoms. The van der Waals surface area contributed by atoms with Crippen molar-refractivity contribution in [2.45, 2.75) is 51.0 Å². The van der Waals surface area contributed by atoms with Crippen LogP contribution in [0.1, 0.15) is 39.2 Å². The molecule has 1 heterocycles. The molecule has 0 radical (unpaired) electrons. The van der Waals surface area contributed by atoms with Crippen molar-refractivity contribution < 1.29 is 17.9 Å². The van der Waals surface area contributed by atoms with Crippen LogP contribution in [0.3, 0.4) is 0 Å². The van der Waals surface area contributed by atoms with Crippen molar-refractivity contribution in [2.75, 3.05) is 32.4 Å². The number of hydrogen-bond donors (Lipinski definition) is 2.